The Bertz CT molecular complexity index is 3810. The van der Waals surface area contributed by atoms with Crippen LogP contribution < -0.4 is 0 Å². The Morgan fingerprint density at radius 3 is 0.465 bits per heavy atom. The second-order valence-corrected chi connectivity index (χ2v) is 45.3. The molecule has 0 atom stereocenters. The second-order valence-electron chi connectivity index (χ2n) is 24.0. The van der Waals surface area contributed by atoms with Crippen molar-refractivity contribution in [3.8, 4) is 0 Å². The Labute approximate surface area is 534 Å². The lowest BCUT2D eigenvalue weighted by atomic mass is 9.87. The zero-order chi connectivity index (χ0) is 59.8. The number of halogens is 2. The van der Waals surface area contributed by atoms with E-state index in [0.717, 1.165) is 48.4 Å². The Balaban J connectivity index is 1.33. The summed E-state index contributed by atoms with van der Waals surface area (Å²) in [5, 5.41) is 10.2. The molecule has 0 N–H and O–H groups in total. The first-order valence-electron chi connectivity index (χ1n) is 31.9. The number of rotatable bonds is 19. The summed E-state index contributed by atoms with van der Waals surface area (Å²) in [5.74, 6) is 0. The standard InChI is InChI=1S/C80H80Br2Si4/c1-9-83(10-2)73(65(57-41-25-17-26-42-57)67(59-45-29-19-30-46-59)75(83)77-69(61-49-33-21-34-50-61)71(63-53-37-23-38-54-63)79(81)85(77,13-5)14-6)74-66(58-43-27-18-28-44-58)68(60-47-31-20-32-48-60)76(84(74,11-3)12-4)78-70(62-51-35-22-36-52-62)72(64-55-39-24-40-56-64)80(82)86(78,15-7)16-8/h17-56H,9-16H2,1-8H3. The van der Waals surface area contributed by atoms with Crippen molar-refractivity contribution in [1.29, 1.82) is 0 Å². The van der Waals surface area contributed by atoms with Gasteiger partial charge in [-0.3, -0.25) is 0 Å². The van der Waals surface area contributed by atoms with E-state index in [1.807, 2.05) is 0 Å². The van der Waals surface area contributed by atoms with Crippen molar-refractivity contribution in [2.45, 2.75) is 104 Å². The van der Waals surface area contributed by atoms with E-state index in [0.29, 0.717) is 0 Å². The van der Waals surface area contributed by atoms with Gasteiger partial charge in [0.05, 0.1) is 0 Å². The van der Waals surface area contributed by atoms with Gasteiger partial charge in [0.15, 0.2) is 0 Å². The van der Waals surface area contributed by atoms with E-state index in [1.165, 1.54) is 97.3 Å². The summed E-state index contributed by atoms with van der Waals surface area (Å²) >= 11 is 9.41. The monoisotopic (exact) mass is 1310 g/mol. The van der Waals surface area contributed by atoms with Gasteiger partial charge in [-0.2, -0.15) is 0 Å². The van der Waals surface area contributed by atoms with Gasteiger partial charge in [0, 0.05) is 0 Å². The summed E-state index contributed by atoms with van der Waals surface area (Å²) in [6.45, 7) is 20.7. The molecule has 0 fully saturated rings. The smallest absolute Gasteiger partial charge is 0.0672 e. The van der Waals surface area contributed by atoms with E-state index in [-0.39, 0.29) is 0 Å². The first-order valence-corrected chi connectivity index (χ1v) is 43.1. The van der Waals surface area contributed by atoms with Gasteiger partial charge in [0.2, 0.25) is 0 Å². The molecular formula is C80H80Br2Si4. The lowest BCUT2D eigenvalue weighted by Crippen LogP contribution is -2.50. The van der Waals surface area contributed by atoms with Gasteiger partial charge in [0.1, 0.15) is 32.3 Å². The molecule has 0 radical (unpaired) electrons. The summed E-state index contributed by atoms with van der Waals surface area (Å²) in [6, 6.07) is 102. The Kier molecular flexibility index (Phi) is 17.4. The van der Waals surface area contributed by atoms with Crippen molar-refractivity contribution < 1.29 is 0 Å². The molecule has 0 saturated heterocycles. The molecule has 8 aromatic carbocycles. The quantitative estimate of drug-likeness (QED) is 0.0708. The van der Waals surface area contributed by atoms with Gasteiger partial charge in [0.25, 0.3) is 0 Å². The highest BCUT2D eigenvalue weighted by atomic mass is 79.9. The van der Waals surface area contributed by atoms with Gasteiger partial charge >= 0.3 is 0 Å². The molecular weight excluding hydrogens is 1230 g/mol. The number of allylic oxidation sites excluding steroid dienone is 14. The molecule has 6 heteroatoms. The van der Waals surface area contributed by atoms with Crippen LogP contribution in [0.15, 0.2) is 282 Å². The normalized spacial score (nSPS) is 18.0. The van der Waals surface area contributed by atoms with Crippen molar-refractivity contribution in [1.82, 2.24) is 0 Å². The maximum absolute atomic E-state index is 4.71. The average molecular weight is 1310 g/mol. The highest BCUT2D eigenvalue weighted by molar-refractivity contribution is 9.12. The lowest BCUT2D eigenvalue weighted by Gasteiger charge is -2.44. The molecule has 0 bridgehead atoms. The Hall–Kier alpha value is -6.49. The summed E-state index contributed by atoms with van der Waals surface area (Å²) in [4.78, 5) is 0. The molecule has 430 valence electrons. The average Bonchev–Trinajstić information content (AvgIpc) is 1.51. The first-order chi connectivity index (χ1) is 42.1. The highest BCUT2D eigenvalue weighted by Gasteiger charge is 2.62. The predicted octanol–water partition coefficient (Wildman–Crippen LogP) is 23.6. The summed E-state index contributed by atoms with van der Waals surface area (Å²) in [7, 11) is -11.3. The highest BCUT2D eigenvalue weighted by Crippen LogP contribution is 2.69. The van der Waals surface area contributed by atoms with Crippen LogP contribution in [-0.2, 0) is 0 Å². The van der Waals surface area contributed by atoms with Crippen LogP contribution in [0, 0.1) is 0 Å². The minimum atomic E-state index is -3.01. The molecule has 0 amide bonds. The number of benzene rings is 8. The van der Waals surface area contributed by atoms with E-state index < -0.39 is 32.3 Å². The Morgan fingerprint density at radius 1 is 0.186 bits per heavy atom. The van der Waals surface area contributed by atoms with Crippen LogP contribution in [0.1, 0.15) is 99.9 Å². The van der Waals surface area contributed by atoms with E-state index in [1.54, 1.807) is 31.2 Å². The van der Waals surface area contributed by atoms with E-state index in [9.17, 15) is 0 Å². The minimum absolute atomic E-state index is 1.08. The van der Waals surface area contributed by atoms with Crippen LogP contribution in [0.5, 0.6) is 0 Å². The third-order valence-electron chi connectivity index (χ3n) is 20.7. The van der Waals surface area contributed by atoms with E-state index >= 15 is 0 Å². The molecule has 8 aromatic rings. The maximum Gasteiger partial charge on any atom is 0.128 e. The van der Waals surface area contributed by atoms with Crippen LogP contribution in [0.25, 0.3) is 44.6 Å². The summed E-state index contributed by atoms with van der Waals surface area (Å²) in [5.41, 5.74) is 22.2. The van der Waals surface area contributed by atoms with Crippen molar-refractivity contribution in [2.24, 2.45) is 0 Å². The Morgan fingerprint density at radius 2 is 0.314 bits per heavy atom. The zero-order valence-corrected chi connectivity index (χ0v) is 58.7. The molecule has 4 aliphatic heterocycles. The fourth-order valence-corrected chi connectivity index (χ4v) is 44.1. The van der Waals surface area contributed by atoms with Crippen molar-refractivity contribution >= 4 is 109 Å². The van der Waals surface area contributed by atoms with E-state index in [2.05, 4.69) is 298 Å². The molecule has 0 aromatic heterocycles. The molecule has 0 spiro atoms. The van der Waals surface area contributed by atoms with Crippen molar-refractivity contribution in [3.63, 3.8) is 0 Å². The van der Waals surface area contributed by atoms with E-state index in [4.69, 9.17) is 31.9 Å². The van der Waals surface area contributed by atoms with Crippen LogP contribution in [-0.4, -0.2) is 32.3 Å². The van der Waals surface area contributed by atoms with Crippen LogP contribution in [0.3, 0.4) is 0 Å². The lowest BCUT2D eigenvalue weighted by molar-refractivity contribution is 1.22. The second kappa shape index (κ2) is 24.9. The maximum atomic E-state index is 4.71. The summed E-state index contributed by atoms with van der Waals surface area (Å²) in [6.07, 6.45) is 0. The first kappa shape index (κ1) is 59.8. The van der Waals surface area contributed by atoms with Gasteiger partial charge < -0.3 is 0 Å². The molecule has 0 aliphatic carbocycles. The predicted molar refractivity (Wildman–Crippen MR) is 392 cm³/mol. The third-order valence-corrected chi connectivity index (χ3v) is 47.4. The molecule has 86 heavy (non-hydrogen) atoms. The number of hydrogen-bond donors (Lipinski definition) is 0. The topological polar surface area (TPSA) is 0 Å². The number of hydrogen-bond acceptors (Lipinski definition) is 0. The summed E-state index contributed by atoms with van der Waals surface area (Å²) < 4.78 is 2.92. The minimum Gasteiger partial charge on any atom is -0.0672 e. The van der Waals surface area contributed by atoms with Crippen LogP contribution in [0.4, 0.5) is 0 Å². The SMILES string of the molecule is CC[Si]1(CC)C(Br)=C(c2ccccc2)C(c2ccccc2)=C1C1=C(c2ccccc2)C(c2ccccc2)=C(C2=C(c3ccccc3)C(c3ccccc3)=C(C3=C(c4ccccc4)C(c4ccccc4)=C(Br)[Si]3(CC)CC)[Si]2(CC)CC)[Si]1(CC)CC. The van der Waals surface area contributed by atoms with Gasteiger partial charge in [-0.05, 0) is 128 Å². The molecule has 4 aliphatic rings. The van der Waals surface area contributed by atoms with Gasteiger partial charge in [-0.25, -0.2) is 0 Å². The molecule has 0 nitrogen and oxygen atoms in total. The molecule has 0 unspecified atom stereocenters. The fourth-order valence-electron chi connectivity index (χ4n) is 16.4. The third kappa shape index (κ3) is 9.25. The van der Waals surface area contributed by atoms with Crippen molar-refractivity contribution in [2.75, 3.05) is 0 Å². The van der Waals surface area contributed by atoms with Crippen molar-refractivity contribution in [3.05, 3.63) is 327 Å². The molecule has 4 heterocycles. The largest absolute Gasteiger partial charge is 0.128 e. The molecule has 0 saturated carbocycles. The molecule has 12 rings (SSSR count). The fraction of sp³-hybridized carbons (Fsp3) is 0.200. The zero-order valence-electron chi connectivity index (χ0n) is 51.5. The van der Waals surface area contributed by atoms with Crippen LogP contribution >= 0.6 is 31.9 Å². The van der Waals surface area contributed by atoms with Gasteiger partial charge in [-0.15, -0.1) is 0 Å². The van der Waals surface area contributed by atoms with Gasteiger partial charge in [-0.1, -0.05) is 378 Å². The van der Waals surface area contributed by atoms with Crippen LogP contribution in [0.2, 0.25) is 48.4 Å².